The summed E-state index contributed by atoms with van der Waals surface area (Å²) in [7, 11) is 7.69. The summed E-state index contributed by atoms with van der Waals surface area (Å²) in [6.07, 6.45) is 9.73. The molecule has 2 aromatic carbocycles. The van der Waals surface area contributed by atoms with Crippen molar-refractivity contribution in [2.75, 3.05) is 86.2 Å². The van der Waals surface area contributed by atoms with E-state index in [1.807, 2.05) is 37.1 Å². The molecule has 1 spiro atoms. The van der Waals surface area contributed by atoms with Crippen molar-refractivity contribution in [3.8, 4) is 5.75 Å². The monoisotopic (exact) mass is 948 g/mol. The van der Waals surface area contributed by atoms with Crippen molar-refractivity contribution >= 4 is 40.5 Å². The lowest BCUT2D eigenvalue weighted by Gasteiger charge is -2.63. The molecule has 1 aromatic heterocycles. The number of hydrogen-bond acceptors (Lipinski definition) is 14. The number of aromatic nitrogens is 1. The van der Waals surface area contributed by atoms with Crippen LogP contribution in [-0.2, 0) is 55.4 Å². The minimum Gasteiger partial charge on any atom is -0.496 e. The lowest BCUT2D eigenvalue weighted by Crippen LogP contribution is -2.81. The zero-order chi connectivity index (χ0) is 48.8. The van der Waals surface area contributed by atoms with Gasteiger partial charge in [-0.1, -0.05) is 55.8 Å². The number of benzene rings is 2. The van der Waals surface area contributed by atoms with Gasteiger partial charge in [0.05, 0.1) is 34.5 Å². The number of para-hydroxylation sites is 1. The number of esters is 4. The number of likely N-dealkylation sites (tertiary alicyclic amines) is 1. The van der Waals surface area contributed by atoms with E-state index in [1.54, 1.807) is 7.11 Å². The molecule has 2 saturated heterocycles. The number of likely N-dealkylation sites (N-methyl/N-ethyl adjacent to an activating group) is 1. The fourth-order valence-corrected chi connectivity index (χ4v) is 15.3. The maximum Gasteiger partial charge on any atom is 0.344 e. The van der Waals surface area contributed by atoms with Gasteiger partial charge in [0.15, 0.2) is 6.10 Å². The number of fused-ring (bicyclic) bond motifs is 6. The fourth-order valence-electron chi connectivity index (χ4n) is 15.3. The highest BCUT2D eigenvalue weighted by Crippen LogP contribution is 2.68. The molecule has 10 rings (SSSR count). The van der Waals surface area contributed by atoms with Gasteiger partial charge in [-0.15, -0.1) is 0 Å². The van der Waals surface area contributed by atoms with Crippen LogP contribution in [0.3, 0.4) is 0 Å². The fraction of sp³-hybridized carbons (Fsp3) is 0.593. The first-order chi connectivity index (χ1) is 33.2. The number of nitrogens with one attached hydrogen (secondary N) is 1. The number of ether oxygens (including phenoxy) is 5. The molecule has 370 valence electrons. The molecule has 1 aliphatic carbocycles. The molecule has 0 radical (unpaired) electrons. The number of hydrogen-bond donors (Lipinski definition) is 2. The van der Waals surface area contributed by atoms with E-state index in [9.17, 15) is 19.5 Å². The molecule has 15 nitrogen and oxygen atoms in total. The predicted octanol–water partition coefficient (Wildman–Crippen LogP) is 5.05. The number of H-pyrrole nitrogens is 1. The smallest absolute Gasteiger partial charge is 0.344 e. The predicted molar refractivity (Wildman–Crippen MR) is 259 cm³/mol. The SMILES string of the molecule is CCC1=C[C@@H]2CN(C1)C[C@H](CN1CCC[C@H]1C(=O)OC)Cc1c([nH]c3ccccc13)[C@@](C(=O)OC)(c1cc3c(cc1OC)N(C)[C@H]1[C@@](O)(C(=O)OC)[C@H](OC(C)=O)[C@]4(CC)C=CCN5CC[C@]31[C@@H]54)C2. The molecule has 6 aliphatic heterocycles. The van der Waals surface area contributed by atoms with Crippen LogP contribution in [-0.4, -0.2) is 160 Å². The zero-order valence-corrected chi connectivity index (χ0v) is 41.5. The number of anilines is 1. The highest BCUT2D eigenvalue weighted by Gasteiger charge is 2.80. The summed E-state index contributed by atoms with van der Waals surface area (Å²) in [5, 5.41) is 14.5. The summed E-state index contributed by atoms with van der Waals surface area (Å²) >= 11 is 0. The Hall–Kier alpha value is -5.22. The molecule has 2 N–H and O–H groups in total. The lowest BCUT2D eigenvalue weighted by atomic mass is 9.47. The van der Waals surface area contributed by atoms with E-state index in [-0.39, 0.29) is 29.9 Å². The van der Waals surface area contributed by atoms with Gasteiger partial charge >= 0.3 is 23.9 Å². The number of nitrogens with zero attached hydrogens (tertiary/aromatic N) is 4. The number of aliphatic hydroxyl groups is 1. The van der Waals surface area contributed by atoms with Crippen LogP contribution in [0, 0.1) is 17.3 Å². The molecule has 1 unspecified atom stereocenters. The Balaban J connectivity index is 1.25. The molecule has 2 bridgehead atoms. The number of rotatable bonds is 10. The Morgan fingerprint density at radius 1 is 0.942 bits per heavy atom. The van der Waals surface area contributed by atoms with Crippen LogP contribution in [0.5, 0.6) is 5.75 Å². The van der Waals surface area contributed by atoms with Crippen molar-refractivity contribution in [3.63, 3.8) is 0 Å². The highest BCUT2D eigenvalue weighted by atomic mass is 16.6. The van der Waals surface area contributed by atoms with Crippen LogP contribution in [0.15, 0.2) is 60.2 Å². The normalized spacial score (nSPS) is 34.8. The van der Waals surface area contributed by atoms with Crippen molar-refractivity contribution in [3.05, 3.63) is 82.6 Å². The number of carbonyl (C=O) groups excluding carboxylic acids is 4. The summed E-state index contributed by atoms with van der Waals surface area (Å²) in [4.78, 5) is 69.8. The molecule has 3 fully saturated rings. The first-order valence-electron chi connectivity index (χ1n) is 25.0. The van der Waals surface area contributed by atoms with Crippen LogP contribution in [0.2, 0.25) is 0 Å². The summed E-state index contributed by atoms with van der Waals surface area (Å²) in [6, 6.07) is 10.8. The van der Waals surface area contributed by atoms with E-state index in [2.05, 4.69) is 63.0 Å². The zero-order valence-electron chi connectivity index (χ0n) is 41.5. The first kappa shape index (κ1) is 47.5. The Bertz CT molecular complexity index is 2630. The van der Waals surface area contributed by atoms with Crippen LogP contribution in [0.4, 0.5) is 5.69 Å². The van der Waals surface area contributed by atoms with Gasteiger partial charge < -0.3 is 38.7 Å². The Morgan fingerprint density at radius 3 is 2.43 bits per heavy atom. The van der Waals surface area contributed by atoms with Gasteiger partial charge in [0.25, 0.3) is 0 Å². The summed E-state index contributed by atoms with van der Waals surface area (Å²) < 4.78 is 29.7. The van der Waals surface area contributed by atoms with E-state index in [1.165, 1.54) is 33.8 Å². The van der Waals surface area contributed by atoms with Crippen molar-refractivity contribution in [1.29, 1.82) is 0 Å². The molecule has 0 amide bonds. The quantitative estimate of drug-likeness (QED) is 0.158. The molecule has 69 heavy (non-hydrogen) atoms. The largest absolute Gasteiger partial charge is 0.496 e. The standard InChI is InChI=1S/C54H69N5O10/c1-9-33-23-34-27-53(49(62)67-7,44-37(36-15-11-12-16-40(36)55-44)24-35(30-57(28-33)29-34)31-59-20-13-17-41(59)45(61)66-6)39-25-38-42(26-43(39)65-5)56(4)47-52(38)19-22-58-21-14-18-51(10-2,46(52)58)48(69-32(3)60)54(47,64)50(63)68-8/h11-12,14-16,18,23,25-26,34-35,41,46-48,55,64H,9-10,13,17,19-22,24,27-31H2,1-8H3/t34-,35+,41-,46-,47+,48+,51+,52+,53-,54-/m0/s1. The topological polar surface area (TPSA) is 163 Å². The molecule has 11 atom stereocenters. The van der Waals surface area contributed by atoms with Crippen LogP contribution in [0.1, 0.15) is 81.7 Å². The third-order valence-electron chi connectivity index (χ3n) is 17.7. The van der Waals surface area contributed by atoms with Gasteiger partial charge in [-0.3, -0.25) is 29.1 Å². The molecular weight excluding hydrogens is 879 g/mol. The van der Waals surface area contributed by atoms with Crippen molar-refractivity contribution in [1.82, 2.24) is 19.7 Å². The van der Waals surface area contributed by atoms with Crippen molar-refractivity contribution in [2.24, 2.45) is 17.3 Å². The second kappa shape index (κ2) is 17.6. The lowest BCUT2D eigenvalue weighted by molar-refractivity contribution is -0.228. The first-order valence-corrected chi connectivity index (χ1v) is 25.0. The molecule has 7 heterocycles. The van der Waals surface area contributed by atoms with E-state index in [0.717, 1.165) is 72.3 Å². The number of aromatic amines is 1. The molecule has 7 aliphatic rings. The van der Waals surface area contributed by atoms with Crippen LogP contribution >= 0.6 is 0 Å². The number of methoxy groups -OCH3 is 4. The van der Waals surface area contributed by atoms with Crippen LogP contribution in [0.25, 0.3) is 10.9 Å². The van der Waals surface area contributed by atoms with Gasteiger partial charge in [0, 0.05) is 97.5 Å². The second-order valence-electron chi connectivity index (χ2n) is 20.9. The average Bonchev–Trinajstić information content (AvgIpc) is 4.14. The van der Waals surface area contributed by atoms with E-state index in [4.69, 9.17) is 23.7 Å². The Labute approximate surface area is 405 Å². The van der Waals surface area contributed by atoms with Gasteiger partial charge in [-0.2, -0.15) is 0 Å². The van der Waals surface area contributed by atoms with Gasteiger partial charge in [-0.05, 0) is 93.1 Å². The van der Waals surface area contributed by atoms with E-state index < -0.39 is 51.9 Å². The van der Waals surface area contributed by atoms with Crippen molar-refractivity contribution < 1.29 is 48.0 Å². The van der Waals surface area contributed by atoms with Crippen molar-refractivity contribution in [2.45, 2.75) is 106 Å². The van der Waals surface area contributed by atoms with E-state index >= 15 is 4.79 Å². The maximum atomic E-state index is 15.8. The van der Waals surface area contributed by atoms with Gasteiger partial charge in [-0.25, -0.2) is 4.79 Å². The summed E-state index contributed by atoms with van der Waals surface area (Å²) in [5.74, 6) is -1.67. The maximum absolute atomic E-state index is 15.8. The minimum atomic E-state index is -2.32. The van der Waals surface area contributed by atoms with Gasteiger partial charge in [0.1, 0.15) is 17.2 Å². The third kappa shape index (κ3) is 6.79. The third-order valence-corrected chi connectivity index (χ3v) is 17.7. The molecule has 3 aromatic rings. The molecular formula is C54H69N5O10. The molecule has 15 heteroatoms. The summed E-state index contributed by atoms with van der Waals surface area (Å²) in [5.41, 5.74) is 0.487. The number of carbonyl (C=O) groups is 4. The minimum absolute atomic E-state index is 0.0723. The molecule has 1 saturated carbocycles. The second-order valence-corrected chi connectivity index (χ2v) is 20.9. The summed E-state index contributed by atoms with van der Waals surface area (Å²) in [6.45, 7) is 10.6. The van der Waals surface area contributed by atoms with Crippen LogP contribution < -0.4 is 9.64 Å². The van der Waals surface area contributed by atoms with Gasteiger partial charge in [0.2, 0.25) is 5.60 Å². The highest BCUT2D eigenvalue weighted by molar-refractivity contribution is 5.95. The Kier molecular flexibility index (Phi) is 12.1. The Morgan fingerprint density at radius 2 is 1.72 bits per heavy atom. The van der Waals surface area contributed by atoms with E-state index in [0.29, 0.717) is 63.2 Å². The average molecular weight is 948 g/mol.